The van der Waals surface area contributed by atoms with E-state index >= 15 is 0 Å². The van der Waals surface area contributed by atoms with Gasteiger partial charge in [-0.25, -0.2) is 4.39 Å². The average Bonchev–Trinajstić information content (AvgIpc) is 2.26. The summed E-state index contributed by atoms with van der Waals surface area (Å²) in [4.78, 5) is 0. The molecule has 2 nitrogen and oxygen atoms in total. The van der Waals surface area contributed by atoms with E-state index in [0.717, 1.165) is 32.5 Å². The fourth-order valence-electron chi connectivity index (χ4n) is 1.51. The van der Waals surface area contributed by atoms with Gasteiger partial charge in [0.2, 0.25) is 0 Å². The molecule has 0 rings (SSSR count). The van der Waals surface area contributed by atoms with Crippen LogP contribution in [-0.2, 0) is 4.74 Å². The van der Waals surface area contributed by atoms with E-state index in [-0.39, 0.29) is 6.61 Å². The third kappa shape index (κ3) is 11.8. The second-order valence-electron chi connectivity index (χ2n) is 3.89. The highest BCUT2D eigenvalue weighted by Gasteiger charge is 2.02. The van der Waals surface area contributed by atoms with E-state index in [4.69, 9.17) is 9.84 Å². The van der Waals surface area contributed by atoms with E-state index in [0.29, 0.717) is 6.42 Å². The van der Waals surface area contributed by atoms with Gasteiger partial charge in [-0.2, -0.15) is 0 Å². The third-order valence-corrected chi connectivity index (χ3v) is 2.46. The summed E-state index contributed by atoms with van der Waals surface area (Å²) in [6.07, 6.45) is 6.20. The number of hydrogen-bond donors (Lipinski definition) is 1. The van der Waals surface area contributed by atoms with Gasteiger partial charge in [-0.05, 0) is 19.8 Å². The maximum absolute atomic E-state index is 12.6. The van der Waals surface area contributed by atoms with Crippen molar-refractivity contribution in [2.24, 2.45) is 0 Å². The monoisotopic (exact) mass is 220 g/mol. The van der Waals surface area contributed by atoms with Gasteiger partial charge in [-0.15, -0.1) is 0 Å². The van der Waals surface area contributed by atoms with Crippen molar-refractivity contribution in [3.8, 4) is 0 Å². The molecule has 0 radical (unpaired) electrons. The van der Waals surface area contributed by atoms with Gasteiger partial charge < -0.3 is 9.84 Å². The first-order chi connectivity index (χ1) is 7.31. The minimum Gasteiger partial charge on any atom is -0.393 e. The number of rotatable bonds is 11. The molecule has 15 heavy (non-hydrogen) atoms. The predicted molar refractivity (Wildman–Crippen MR) is 60.8 cm³/mol. The molecule has 0 aliphatic carbocycles. The minimum absolute atomic E-state index is 0.325. The van der Waals surface area contributed by atoms with E-state index in [2.05, 4.69) is 0 Å². The second-order valence-corrected chi connectivity index (χ2v) is 3.89. The molecule has 0 aliphatic rings. The van der Waals surface area contributed by atoms with Crippen molar-refractivity contribution in [1.29, 1.82) is 0 Å². The van der Waals surface area contributed by atoms with Crippen LogP contribution < -0.4 is 0 Å². The van der Waals surface area contributed by atoms with Gasteiger partial charge in [0.15, 0.2) is 0 Å². The van der Waals surface area contributed by atoms with Gasteiger partial charge in [-0.1, -0.05) is 32.1 Å². The van der Waals surface area contributed by atoms with Gasteiger partial charge in [0, 0.05) is 13.2 Å². The summed E-state index contributed by atoms with van der Waals surface area (Å²) in [6.45, 7) is 3.36. The fraction of sp³-hybridized carbons (Fsp3) is 1.00. The van der Waals surface area contributed by atoms with Crippen molar-refractivity contribution in [2.75, 3.05) is 19.8 Å². The molecule has 0 aromatic carbocycles. The van der Waals surface area contributed by atoms with Crippen molar-refractivity contribution in [1.82, 2.24) is 0 Å². The van der Waals surface area contributed by atoms with E-state index < -0.39 is 6.17 Å². The van der Waals surface area contributed by atoms with Crippen molar-refractivity contribution in [3.63, 3.8) is 0 Å². The Hall–Kier alpha value is -0.150. The second kappa shape index (κ2) is 11.9. The number of unbranched alkanes of at least 4 members (excludes halogenated alkanes) is 5. The summed E-state index contributed by atoms with van der Waals surface area (Å²) >= 11 is 0. The Morgan fingerprint density at radius 1 is 1.07 bits per heavy atom. The fourth-order valence-corrected chi connectivity index (χ4v) is 1.51. The zero-order chi connectivity index (χ0) is 11.4. The average molecular weight is 220 g/mol. The highest BCUT2D eigenvalue weighted by atomic mass is 19.1. The summed E-state index contributed by atoms with van der Waals surface area (Å²) < 4.78 is 17.8. The minimum atomic E-state index is -1.01. The molecule has 0 spiro atoms. The number of aliphatic hydroxyl groups excluding tert-OH is 1. The number of halogens is 1. The lowest BCUT2D eigenvalue weighted by Gasteiger charge is -2.04. The Morgan fingerprint density at radius 3 is 2.27 bits per heavy atom. The van der Waals surface area contributed by atoms with Crippen LogP contribution in [0.1, 0.15) is 51.9 Å². The standard InChI is InChI=1S/C12H25FO2/c1-2-15-10-8-6-4-3-5-7-9-12(13)11-14/h12,14H,2-11H2,1H3. The molecule has 1 N–H and O–H groups in total. The lowest BCUT2D eigenvalue weighted by Crippen LogP contribution is -2.04. The topological polar surface area (TPSA) is 29.5 Å². The van der Waals surface area contributed by atoms with Crippen molar-refractivity contribution < 1.29 is 14.2 Å². The molecule has 0 aromatic rings. The van der Waals surface area contributed by atoms with Gasteiger partial charge in [-0.3, -0.25) is 0 Å². The summed E-state index contributed by atoms with van der Waals surface area (Å²) in [7, 11) is 0. The van der Waals surface area contributed by atoms with Crippen molar-refractivity contribution >= 4 is 0 Å². The van der Waals surface area contributed by atoms with Gasteiger partial charge in [0.1, 0.15) is 6.17 Å². The number of alkyl halides is 1. The van der Waals surface area contributed by atoms with Crippen LogP contribution in [0, 0.1) is 0 Å². The van der Waals surface area contributed by atoms with Crippen molar-refractivity contribution in [2.45, 2.75) is 58.0 Å². The summed E-state index contributed by atoms with van der Waals surface area (Å²) in [5.74, 6) is 0. The number of hydrogen-bond acceptors (Lipinski definition) is 2. The van der Waals surface area contributed by atoms with Crippen molar-refractivity contribution in [3.05, 3.63) is 0 Å². The molecule has 0 fully saturated rings. The molecule has 0 saturated heterocycles. The van der Waals surface area contributed by atoms with Crippen LogP contribution in [0.2, 0.25) is 0 Å². The quantitative estimate of drug-likeness (QED) is 0.542. The lowest BCUT2D eigenvalue weighted by molar-refractivity contribution is 0.142. The first-order valence-corrected chi connectivity index (χ1v) is 6.14. The van der Waals surface area contributed by atoms with Crippen LogP contribution in [0.25, 0.3) is 0 Å². The molecule has 1 unspecified atom stereocenters. The first-order valence-electron chi connectivity index (χ1n) is 6.14. The molecular weight excluding hydrogens is 195 g/mol. The summed E-state index contributed by atoms with van der Waals surface area (Å²) in [5.41, 5.74) is 0. The largest absolute Gasteiger partial charge is 0.393 e. The van der Waals surface area contributed by atoms with Crippen LogP contribution >= 0.6 is 0 Å². The molecule has 1 atom stereocenters. The zero-order valence-electron chi connectivity index (χ0n) is 9.88. The van der Waals surface area contributed by atoms with Gasteiger partial charge >= 0.3 is 0 Å². The highest BCUT2D eigenvalue weighted by molar-refractivity contribution is 4.54. The van der Waals surface area contributed by atoms with Crippen LogP contribution in [0.3, 0.4) is 0 Å². The van der Waals surface area contributed by atoms with E-state index in [1.54, 1.807) is 0 Å². The molecule has 0 saturated carbocycles. The van der Waals surface area contributed by atoms with E-state index in [9.17, 15) is 4.39 Å². The van der Waals surface area contributed by atoms with Crippen LogP contribution in [-0.4, -0.2) is 31.1 Å². The molecule has 0 heterocycles. The Bertz CT molecular complexity index is 120. The van der Waals surface area contributed by atoms with E-state index in [1.807, 2.05) is 6.92 Å². The molecule has 92 valence electrons. The molecule has 0 amide bonds. The Morgan fingerprint density at radius 2 is 1.67 bits per heavy atom. The Labute approximate surface area is 92.8 Å². The molecule has 0 aliphatic heterocycles. The smallest absolute Gasteiger partial charge is 0.123 e. The summed E-state index contributed by atoms with van der Waals surface area (Å²) in [6, 6.07) is 0. The van der Waals surface area contributed by atoms with E-state index in [1.165, 1.54) is 19.3 Å². The van der Waals surface area contributed by atoms with Crippen LogP contribution in [0.5, 0.6) is 0 Å². The zero-order valence-corrected chi connectivity index (χ0v) is 9.88. The maximum Gasteiger partial charge on any atom is 0.123 e. The third-order valence-electron chi connectivity index (χ3n) is 2.46. The molecular formula is C12H25FO2. The maximum atomic E-state index is 12.6. The Balaban J connectivity index is 2.92. The molecule has 0 bridgehead atoms. The molecule has 3 heteroatoms. The lowest BCUT2D eigenvalue weighted by atomic mass is 10.1. The normalized spacial score (nSPS) is 13.0. The molecule has 0 aromatic heterocycles. The summed E-state index contributed by atoms with van der Waals surface area (Å²) in [5, 5.41) is 8.47. The predicted octanol–water partition coefficient (Wildman–Crippen LogP) is 3.08. The Kier molecular flexibility index (Phi) is 11.8. The van der Waals surface area contributed by atoms with Gasteiger partial charge in [0.25, 0.3) is 0 Å². The first kappa shape index (κ1) is 14.8. The number of aliphatic hydroxyl groups is 1. The van der Waals surface area contributed by atoms with Crippen LogP contribution in [0.4, 0.5) is 4.39 Å². The highest BCUT2D eigenvalue weighted by Crippen LogP contribution is 2.10. The number of ether oxygens (including phenoxy) is 1. The van der Waals surface area contributed by atoms with Crippen LogP contribution in [0.15, 0.2) is 0 Å². The SMILES string of the molecule is CCOCCCCCCCCC(F)CO. The van der Waals surface area contributed by atoms with Gasteiger partial charge in [0.05, 0.1) is 6.61 Å².